The first-order chi connectivity index (χ1) is 23.3. The molecule has 0 saturated carbocycles. The number of benzene rings is 4. The second-order valence-corrected chi connectivity index (χ2v) is 13.4. The van der Waals surface area contributed by atoms with Gasteiger partial charge in [0.15, 0.2) is 15.8 Å². The quantitative estimate of drug-likeness (QED) is 0.0482. The van der Waals surface area contributed by atoms with E-state index >= 15 is 0 Å². The minimum Gasteiger partial charge on any atom is -0.507 e. The fourth-order valence-corrected chi connectivity index (χ4v) is 7.20. The van der Waals surface area contributed by atoms with E-state index in [0.717, 1.165) is 16.7 Å². The van der Waals surface area contributed by atoms with E-state index in [0.29, 0.717) is 50.1 Å². The van der Waals surface area contributed by atoms with Crippen LogP contribution in [0.1, 0.15) is 33.9 Å². The summed E-state index contributed by atoms with van der Waals surface area (Å²) in [7, 11) is 3.01. The molecule has 1 unspecified atom stereocenters. The molecule has 0 bridgehead atoms. The van der Waals surface area contributed by atoms with Crippen molar-refractivity contribution < 1.29 is 28.9 Å². The lowest BCUT2D eigenvalue weighted by atomic mass is 9.95. The summed E-state index contributed by atoms with van der Waals surface area (Å²) in [5.41, 5.74) is 3.98. The third-order valence-corrected chi connectivity index (χ3v) is 10.2. The molecule has 9 nitrogen and oxygen atoms in total. The summed E-state index contributed by atoms with van der Waals surface area (Å²) in [6.07, 6.45) is 0. The van der Waals surface area contributed by atoms with Crippen molar-refractivity contribution in [3.8, 4) is 17.2 Å². The van der Waals surface area contributed by atoms with Crippen LogP contribution < -0.4 is 19.1 Å². The number of ether oxygens (including phenoxy) is 3. The Bertz CT molecular complexity index is 2000. The zero-order valence-corrected chi connectivity index (χ0v) is 28.6. The van der Waals surface area contributed by atoms with E-state index in [9.17, 15) is 14.7 Å². The molecule has 4 aromatic carbocycles. The molecular weight excluding hydrogens is 670 g/mol. The summed E-state index contributed by atoms with van der Waals surface area (Å²) >= 11 is 8.64. The summed E-state index contributed by atoms with van der Waals surface area (Å²) in [6.45, 7) is 2.40. The molecular formula is C36H30ClN3O6S2. The third-order valence-electron chi connectivity index (χ3n) is 7.83. The number of carbonyl (C=O) groups is 2. The summed E-state index contributed by atoms with van der Waals surface area (Å²) in [5.74, 6) is 0.0438. The molecule has 0 spiro atoms. The summed E-state index contributed by atoms with van der Waals surface area (Å²) < 4.78 is 17.5. The molecule has 0 radical (unpaired) electrons. The number of halogens is 1. The maximum Gasteiger partial charge on any atom is 0.301 e. The van der Waals surface area contributed by atoms with Gasteiger partial charge in [-0.2, -0.15) is 0 Å². The van der Waals surface area contributed by atoms with Gasteiger partial charge in [0, 0.05) is 16.3 Å². The number of aromatic nitrogens is 2. The summed E-state index contributed by atoms with van der Waals surface area (Å²) in [4.78, 5) is 28.7. The maximum absolute atomic E-state index is 13.7. The topological polar surface area (TPSA) is 111 Å². The van der Waals surface area contributed by atoms with Crippen molar-refractivity contribution in [3.05, 3.63) is 129 Å². The number of thioether (sulfide) groups is 1. The number of hydrogen-bond donors (Lipinski definition) is 1. The first kappa shape index (κ1) is 33.1. The first-order valence-electron chi connectivity index (χ1n) is 14.8. The van der Waals surface area contributed by atoms with Crippen molar-refractivity contribution in [2.24, 2.45) is 0 Å². The Morgan fingerprint density at radius 1 is 0.938 bits per heavy atom. The molecule has 48 heavy (non-hydrogen) atoms. The average Bonchev–Trinajstić information content (AvgIpc) is 3.68. The van der Waals surface area contributed by atoms with Crippen molar-refractivity contribution >= 4 is 57.3 Å². The minimum atomic E-state index is -1.02. The molecule has 1 saturated heterocycles. The van der Waals surface area contributed by atoms with Gasteiger partial charge in [-0.25, -0.2) is 0 Å². The number of hydrogen-bond acceptors (Lipinski definition) is 10. The molecule has 1 aromatic heterocycles. The van der Waals surface area contributed by atoms with Crippen LogP contribution in [0.5, 0.6) is 17.2 Å². The Balaban J connectivity index is 1.34. The van der Waals surface area contributed by atoms with Crippen LogP contribution in [-0.2, 0) is 21.9 Å². The van der Waals surface area contributed by atoms with Crippen LogP contribution in [-0.4, -0.2) is 41.2 Å². The van der Waals surface area contributed by atoms with Crippen LogP contribution in [0.3, 0.4) is 0 Å². The number of aliphatic hydroxyl groups excluding tert-OH is 1. The van der Waals surface area contributed by atoms with Gasteiger partial charge in [-0.05, 0) is 77.7 Å². The maximum atomic E-state index is 13.7. The van der Waals surface area contributed by atoms with Gasteiger partial charge in [-0.3, -0.25) is 14.5 Å². The van der Waals surface area contributed by atoms with Gasteiger partial charge in [0.1, 0.15) is 18.1 Å². The van der Waals surface area contributed by atoms with Gasteiger partial charge in [-0.15, -0.1) is 10.2 Å². The molecule has 0 aliphatic carbocycles. The van der Waals surface area contributed by atoms with Crippen LogP contribution in [0, 0.1) is 6.92 Å². The number of anilines is 1. The number of ketones is 1. The van der Waals surface area contributed by atoms with Crippen LogP contribution in [0.15, 0.2) is 101 Å². The van der Waals surface area contributed by atoms with Crippen LogP contribution in [0.4, 0.5) is 5.13 Å². The first-order valence-corrected chi connectivity index (χ1v) is 17.0. The van der Waals surface area contributed by atoms with Crippen molar-refractivity contribution in [3.63, 3.8) is 0 Å². The molecule has 2 heterocycles. The summed E-state index contributed by atoms with van der Waals surface area (Å²) in [5, 5.41) is 21.1. The smallest absolute Gasteiger partial charge is 0.301 e. The minimum absolute atomic E-state index is 0.0913. The monoisotopic (exact) mass is 699 g/mol. The molecule has 1 amide bonds. The normalized spacial score (nSPS) is 15.5. The van der Waals surface area contributed by atoms with Crippen molar-refractivity contribution in [1.82, 2.24) is 10.2 Å². The second kappa shape index (κ2) is 14.5. The number of nitrogens with zero attached hydrogens (tertiary/aromatic N) is 3. The molecule has 1 aliphatic rings. The Kier molecular flexibility index (Phi) is 10.00. The van der Waals surface area contributed by atoms with Gasteiger partial charge >= 0.3 is 5.91 Å². The van der Waals surface area contributed by atoms with E-state index in [1.807, 2.05) is 55.5 Å². The third kappa shape index (κ3) is 6.89. The Morgan fingerprint density at radius 3 is 2.38 bits per heavy atom. The molecule has 6 rings (SSSR count). The van der Waals surface area contributed by atoms with Crippen LogP contribution >= 0.6 is 34.7 Å². The number of Topliss-reactive ketones (excluding diaryl/α,β-unsaturated/α-hetero) is 1. The Labute approximate surface area is 290 Å². The predicted octanol–water partition coefficient (Wildman–Crippen LogP) is 8.01. The van der Waals surface area contributed by atoms with Crippen molar-refractivity contribution in [1.29, 1.82) is 0 Å². The lowest BCUT2D eigenvalue weighted by Crippen LogP contribution is -2.29. The molecule has 1 atom stereocenters. The zero-order chi connectivity index (χ0) is 33.8. The van der Waals surface area contributed by atoms with Crippen molar-refractivity contribution in [2.75, 3.05) is 19.1 Å². The van der Waals surface area contributed by atoms with Gasteiger partial charge in [0.2, 0.25) is 5.13 Å². The largest absolute Gasteiger partial charge is 0.507 e. The number of methoxy groups -OCH3 is 2. The zero-order valence-electron chi connectivity index (χ0n) is 26.2. The standard InChI is InChI=1S/C36H30ClN3O6S2/c1-21-6-4-5-7-25(21)19-46-27-15-10-23(11-16-27)32(41)30-31(24-12-17-28(44-2)29(18-24)45-3)40(34(43)33(30)42)35-38-39-36(48-35)47-20-22-8-13-26(37)14-9-22/h4-18,31,41H,19-20H2,1-3H3/b32-30+. The van der Waals surface area contributed by atoms with Gasteiger partial charge in [0.25, 0.3) is 5.78 Å². The lowest BCUT2D eigenvalue weighted by Gasteiger charge is -2.23. The fraction of sp³-hybridized carbons (Fsp3) is 0.167. The van der Waals surface area contributed by atoms with Gasteiger partial charge in [0.05, 0.1) is 25.8 Å². The highest BCUT2D eigenvalue weighted by molar-refractivity contribution is 8.00. The van der Waals surface area contributed by atoms with E-state index in [4.69, 9.17) is 25.8 Å². The molecule has 1 aliphatic heterocycles. The van der Waals surface area contributed by atoms with E-state index in [1.54, 1.807) is 42.5 Å². The SMILES string of the molecule is COc1ccc(C2/C(=C(\O)c3ccc(OCc4ccccc4C)cc3)C(=O)C(=O)N2c2nnc(SCc3ccc(Cl)cc3)s2)cc1OC. The molecule has 1 fully saturated rings. The van der Waals surface area contributed by atoms with E-state index < -0.39 is 17.7 Å². The average molecular weight is 700 g/mol. The highest BCUT2D eigenvalue weighted by atomic mass is 35.5. The number of amides is 1. The highest BCUT2D eigenvalue weighted by Gasteiger charge is 2.48. The number of carbonyl (C=O) groups excluding carboxylic acids is 2. The second-order valence-electron chi connectivity index (χ2n) is 10.8. The van der Waals surface area contributed by atoms with Gasteiger partial charge < -0.3 is 19.3 Å². The lowest BCUT2D eigenvalue weighted by molar-refractivity contribution is -0.132. The Morgan fingerprint density at radius 2 is 1.67 bits per heavy atom. The van der Waals surface area contributed by atoms with Crippen LogP contribution in [0.2, 0.25) is 5.02 Å². The number of aryl methyl sites for hydroxylation is 1. The molecule has 12 heteroatoms. The molecule has 1 N–H and O–H groups in total. The number of aliphatic hydroxyl groups is 1. The van der Waals surface area contributed by atoms with Gasteiger partial charge in [-0.1, -0.05) is 77.2 Å². The highest BCUT2D eigenvalue weighted by Crippen LogP contribution is 2.45. The van der Waals surface area contributed by atoms with E-state index in [2.05, 4.69) is 10.2 Å². The molecule has 5 aromatic rings. The number of rotatable bonds is 11. The molecule has 244 valence electrons. The fourth-order valence-electron chi connectivity index (χ4n) is 5.25. The van der Waals surface area contributed by atoms with E-state index in [1.165, 1.54) is 42.2 Å². The van der Waals surface area contributed by atoms with Crippen LogP contribution in [0.25, 0.3) is 5.76 Å². The van der Waals surface area contributed by atoms with E-state index in [-0.39, 0.29) is 16.5 Å². The van der Waals surface area contributed by atoms with Crippen molar-refractivity contribution in [2.45, 2.75) is 29.7 Å². The Hall–Kier alpha value is -4.84. The predicted molar refractivity (Wildman–Crippen MR) is 187 cm³/mol. The summed E-state index contributed by atoms with van der Waals surface area (Å²) in [6, 6.07) is 26.2.